The number of nitrogens with one attached hydrogen (secondary N) is 1. The van der Waals surface area contributed by atoms with E-state index in [-0.39, 0.29) is 11.9 Å². The number of carbonyl (C=O) groups is 2. The molecule has 0 radical (unpaired) electrons. The molecule has 122 valence electrons. The normalized spacial score (nSPS) is 10.3. The van der Waals surface area contributed by atoms with E-state index in [0.29, 0.717) is 18.5 Å². The molecule has 0 saturated carbocycles. The number of ether oxygens (including phenoxy) is 1. The van der Waals surface area contributed by atoms with Gasteiger partial charge in [-0.05, 0) is 41.5 Å². The number of amides is 1. The van der Waals surface area contributed by atoms with Gasteiger partial charge in [0.15, 0.2) is 0 Å². The van der Waals surface area contributed by atoms with Gasteiger partial charge in [0, 0.05) is 18.5 Å². The molecule has 8 heteroatoms. The third-order valence-electron chi connectivity index (χ3n) is 3.29. The van der Waals surface area contributed by atoms with Crippen LogP contribution in [0.4, 0.5) is 0 Å². The molecule has 0 fully saturated rings. The van der Waals surface area contributed by atoms with E-state index < -0.39 is 0 Å². The quantitative estimate of drug-likeness (QED) is 0.579. The Morgan fingerprint density at radius 2 is 2.13 bits per heavy atom. The Morgan fingerprint density at radius 1 is 1.26 bits per heavy atom. The van der Waals surface area contributed by atoms with Gasteiger partial charge in [0.25, 0.3) is 5.91 Å². The molecule has 1 aromatic heterocycles. The first-order chi connectivity index (χ1) is 11.2. The molecule has 0 aliphatic carbocycles. The zero-order valence-electron chi connectivity index (χ0n) is 12.9. The maximum Gasteiger partial charge on any atom is 0.305 e. The van der Waals surface area contributed by atoms with Crippen LogP contribution in [-0.2, 0) is 9.53 Å². The second-order valence-electron chi connectivity index (χ2n) is 4.95. The van der Waals surface area contributed by atoms with Crippen molar-refractivity contribution in [2.75, 3.05) is 13.7 Å². The van der Waals surface area contributed by atoms with Crippen LogP contribution in [0, 0.1) is 0 Å². The van der Waals surface area contributed by atoms with Gasteiger partial charge in [-0.3, -0.25) is 9.59 Å². The van der Waals surface area contributed by atoms with Gasteiger partial charge in [0.2, 0.25) is 0 Å². The molecule has 2 rings (SSSR count). The first-order valence-corrected chi connectivity index (χ1v) is 7.39. The number of carbonyl (C=O) groups excluding carboxylic acids is 2. The topological polar surface area (TPSA) is 99.0 Å². The van der Waals surface area contributed by atoms with Crippen LogP contribution in [0.15, 0.2) is 30.6 Å². The highest BCUT2D eigenvalue weighted by atomic mass is 16.5. The molecule has 8 nitrogen and oxygen atoms in total. The summed E-state index contributed by atoms with van der Waals surface area (Å²) in [5, 5.41) is 13.8. The van der Waals surface area contributed by atoms with Crippen LogP contribution >= 0.6 is 0 Å². The fourth-order valence-electron chi connectivity index (χ4n) is 2.05. The highest BCUT2D eigenvalue weighted by Gasteiger charge is 2.07. The summed E-state index contributed by atoms with van der Waals surface area (Å²) in [6.45, 7) is 0.565. The lowest BCUT2D eigenvalue weighted by atomic mass is 10.1. The number of unbranched alkanes of at least 4 members (excludes halogenated alkanes) is 2. The van der Waals surface area contributed by atoms with E-state index in [4.69, 9.17) is 0 Å². The van der Waals surface area contributed by atoms with Crippen molar-refractivity contribution in [2.45, 2.75) is 25.7 Å². The SMILES string of the molecule is COC(=O)CCCCCNC(=O)c1cccc(-n2cnnn2)c1. The molecule has 0 aliphatic heterocycles. The monoisotopic (exact) mass is 317 g/mol. The summed E-state index contributed by atoms with van der Waals surface area (Å²) in [6.07, 6.45) is 4.32. The summed E-state index contributed by atoms with van der Waals surface area (Å²) in [6, 6.07) is 7.06. The molecular formula is C15H19N5O3. The third kappa shape index (κ3) is 5.17. The minimum Gasteiger partial charge on any atom is -0.469 e. The van der Waals surface area contributed by atoms with Gasteiger partial charge < -0.3 is 10.1 Å². The van der Waals surface area contributed by atoms with Crippen LogP contribution in [0.25, 0.3) is 5.69 Å². The molecule has 0 spiro atoms. The molecule has 0 saturated heterocycles. The van der Waals surface area contributed by atoms with Crippen molar-refractivity contribution in [1.29, 1.82) is 0 Å². The largest absolute Gasteiger partial charge is 0.469 e. The van der Waals surface area contributed by atoms with Gasteiger partial charge in [-0.15, -0.1) is 5.10 Å². The molecule has 1 N–H and O–H groups in total. The van der Waals surface area contributed by atoms with E-state index in [9.17, 15) is 9.59 Å². The average Bonchev–Trinajstić information content (AvgIpc) is 3.12. The highest BCUT2D eigenvalue weighted by molar-refractivity contribution is 5.94. The number of esters is 1. The van der Waals surface area contributed by atoms with Gasteiger partial charge in [-0.1, -0.05) is 12.5 Å². The zero-order chi connectivity index (χ0) is 16.5. The molecule has 0 unspecified atom stereocenters. The number of nitrogens with zero attached hydrogens (tertiary/aromatic N) is 4. The molecule has 0 atom stereocenters. The fourth-order valence-corrected chi connectivity index (χ4v) is 2.05. The van der Waals surface area contributed by atoms with E-state index in [2.05, 4.69) is 25.6 Å². The van der Waals surface area contributed by atoms with Crippen molar-refractivity contribution >= 4 is 11.9 Å². The summed E-state index contributed by atoms with van der Waals surface area (Å²) < 4.78 is 6.06. The van der Waals surface area contributed by atoms with Gasteiger partial charge >= 0.3 is 5.97 Å². The number of tetrazole rings is 1. The summed E-state index contributed by atoms with van der Waals surface area (Å²) in [5.74, 6) is -0.346. The Labute approximate surface area is 133 Å². The third-order valence-corrected chi connectivity index (χ3v) is 3.29. The average molecular weight is 317 g/mol. The molecule has 1 amide bonds. The van der Waals surface area contributed by atoms with Gasteiger partial charge in [-0.25, -0.2) is 4.68 Å². The zero-order valence-corrected chi connectivity index (χ0v) is 12.9. The van der Waals surface area contributed by atoms with Crippen molar-refractivity contribution < 1.29 is 14.3 Å². The van der Waals surface area contributed by atoms with Gasteiger partial charge in [-0.2, -0.15) is 0 Å². The number of aromatic nitrogens is 4. The molecule has 1 aromatic carbocycles. The Hall–Kier alpha value is -2.77. The van der Waals surface area contributed by atoms with Crippen molar-refractivity contribution in [1.82, 2.24) is 25.5 Å². The number of hydrogen-bond donors (Lipinski definition) is 1. The summed E-state index contributed by atoms with van der Waals surface area (Å²) in [5.41, 5.74) is 1.27. The Bertz CT molecular complexity index is 642. The number of rotatable bonds is 8. The van der Waals surface area contributed by atoms with E-state index >= 15 is 0 Å². The first-order valence-electron chi connectivity index (χ1n) is 7.39. The van der Waals surface area contributed by atoms with Gasteiger partial charge in [0.05, 0.1) is 12.8 Å². The Kier molecular flexibility index (Phi) is 6.22. The van der Waals surface area contributed by atoms with Gasteiger partial charge in [0.1, 0.15) is 6.33 Å². The van der Waals surface area contributed by atoms with E-state index in [1.54, 1.807) is 18.2 Å². The lowest BCUT2D eigenvalue weighted by Crippen LogP contribution is -2.24. The standard InChI is InChI=1S/C15H19N5O3/c1-23-14(21)8-3-2-4-9-16-15(22)12-6-5-7-13(10-12)20-11-17-18-19-20/h5-7,10-11H,2-4,8-9H2,1H3,(H,16,22). The molecular weight excluding hydrogens is 298 g/mol. The predicted octanol–water partition coefficient (Wildman–Crippen LogP) is 1.13. The van der Waals surface area contributed by atoms with Crippen LogP contribution < -0.4 is 5.32 Å². The van der Waals surface area contributed by atoms with E-state index in [1.165, 1.54) is 18.1 Å². The first kappa shape index (κ1) is 16.6. The molecule has 0 aliphatic rings. The highest BCUT2D eigenvalue weighted by Crippen LogP contribution is 2.09. The molecule has 0 bridgehead atoms. The van der Waals surface area contributed by atoms with E-state index in [1.807, 2.05) is 6.07 Å². The second kappa shape index (κ2) is 8.62. The van der Waals surface area contributed by atoms with Crippen LogP contribution in [0.1, 0.15) is 36.0 Å². The molecule has 1 heterocycles. The van der Waals surface area contributed by atoms with Crippen LogP contribution in [0.2, 0.25) is 0 Å². The maximum atomic E-state index is 12.1. The van der Waals surface area contributed by atoms with Crippen LogP contribution in [0.5, 0.6) is 0 Å². The number of hydrogen-bond acceptors (Lipinski definition) is 6. The minimum absolute atomic E-state index is 0.145. The Balaban J connectivity index is 1.76. The smallest absolute Gasteiger partial charge is 0.305 e. The summed E-state index contributed by atoms with van der Waals surface area (Å²) in [7, 11) is 1.38. The van der Waals surface area contributed by atoms with Crippen LogP contribution in [0.3, 0.4) is 0 Å². The number of benzene rings is 1. The predicted molar refractivity (Wildman–Crippen MR) is 82.0 cm³/mol. The lowest BCUT2D eigenvalue weighted by Gasteiger charge is -2.06. The minimum atomic E-state index is -0.201. The van der Waals surface area contributed by atoms with Crippen molar-refractivity contribution in [3.8, 4) is 5.69 Å². The summed E-state index contributed by atoms with van der Waals surface area (Å²) in [4.78, 5) is 23.1. The van der Waals surface area contributed by atoms with Crippen molar-refractivity contribution in [3.63, 3.8) is 0 Å². The second-order valence-corrected chi connectivity index (χ2v) is 4.95. The lowest BCUT2D eigenvalue weighted by molar-refractivity contribution is -0.140. The van der Waals surface area contributed by atoms with E-state index in [0.717, 1.165) is 24.9 Å². The van der Waals surface area contributed by atoms with Crippen molar-refractivity contribution in [3.05, 3.63) is 36.2 Å². The van der Waals surface area contributed by atoms with Crippen LogP contribution in [-0.4, -0.2) is 45.7 Å². The fraction of sp³-hybridized carbons (Fsp3) is 0.400. The summed E-state index contributed by atoms with van der Waals surface area (Å²) >= 11 is 0. The molecule has 2 aromatic rings. The number of methoxy groups -OCH3 is 1. The Morgan fingerprint density at radius 3 is 2.87 bits per heavy atom. The van der Waals surface area contributed by atoms with Crippen molar-refractivity contribution in [2.24, 2.45) is 0 Å². The maximum absolute atomic E-state index is 12.1. The molecule has 23 heavy (non-hydrogen) atoms.